The summed E-state index contributed by atoms with van der Waals surface area (Å²) in [6.07, 6.45) is 4.08. The van der Waals surface area contributed by atoms with Gasteiger partial charge >= 0.3 is 21.1 Å². The smallest absolute Gasteiger partial charge is 0.394 e. The summed E-state index contributed by atoms with van der Waals surface area (Å²) in [5.41, 5.74) is 0.597. The van der Waals surface area contributed by atoms with Crippen molar-refractivity contribution in [3.05, 3.63) is 30.1 Å². The molecule has 0 aliphatic heterocycles. The average Bonchev–Trinajstić information content (AvgIpc) is 1.90. The second-order valence-electron chi connectivity index (χ2n) is 1.29. The number of nitriles is 1. The molecule has 1 heterocycles. The Hall–Kier alpha value is -0.672. The number of aromatic nitrogens is 1. The Labute approximate surface area is 67.8 Å². The molecule has 0 atom stereocenters. The molecule has 1 aromatic rings. The maximum Gasteiger partial charge on any atom is 2.00 e. The zero-order chi connectivity index (χ0) is 5.82. The second kappa shape index (κ2) is 4.23. The van der Waals surface area contributed by atoms with E-state index in [0.29, 0.717) is 5.56 Å². The van der Waals surface area contributed by atoms with E-state index < -0.39 is 0 Å². The zero-order valence-electron chi connectivity index (χ0n) is 4.53. The molecule has 0 bridgehead atoms. The standard InChI is InChI=1S/C6H3N2.W/c7-5-6-1-3-8-4-2-6;/h1-3H;/q-1;+2. The average molecular weight is 287 g/mol. The Bertz CT molecular complexity index is 202. The Kier molecular flexibility index (Phi) is 3.92. The van der Waals surface area contributed by atoms with Gasteiger partial charge in [-0.05, 0) is 0 Å². The van der Waals surface area contributed by atoms with Crippen LogP contribution in [0.15, 0.2) is 18.3 Å². The van der Waals surface area contributed by atoms with Gasteiger partial charge in [0.05, 0.1) is 0 Å². The zero-order valence-corrected chi connectivity index (χ0v) is 7.47. The van der Waals surface area contributed by atoms with Crippen molar-refractivity contribution in [1.82, 2.24) is 4.98 Å². The molecule has 0 N–H and O–H groups in total. The summed E-state index contributed by atoms with van der Waals surface area (Å²) in [6, 6.07) is 5.13. The molecule has 0 aliphatic rings. The van der Waals surface area contributed by atoms with Gasteiger partial charge in [-0.3, -0.25) is 0 Å². The fraction of sp³-hybridized carbons (Fsp3) is 0. The largest absolute Gasteiger partial charge is 2.00 e. The monoisotopic (exact) mass is 287 g/mol. The molecule has 0 aliphatic carbocycles. The van der Waals surface area contributed by atoms with Gasteiger partial charge in [0.25, 0.3) is 0 Å². The summed E-state index contributed by atoms with van der Waals surface area (Å²) in [5, 5.41) is 8.24. The number of rotatable bonds is 0. The third-order valence-electron chi connectivity index (χ3n) is 0.752. The SMILES string of the molecule is N#Cc1c[c-]ncc1.[W+2]. The van der Waals surface area contributed by atoms with Crippen LogP contribution in [-0.2, 0) is 21.1 Å². The first-order chi connectivity index (χ1) is 3.93. The molecular weight excluding hydrogens is 284 g/mol. The van der Waals surface area contributed by atoms with Crippen LogP contribution in [0.2, 0.25) is 0 Å². The van der Waals surface area contributed by atoms with E-state index >= 15 is 0 Å². The van der Waals surface area contributed by atoms with Gasteiger partial charge < -0.3 is 4.98 Å². The van der Waals surface area contributed by atoms with Gasteiger partial charge in [0.1, 0.15) is 0 Å². The van der Waals surface area contributed by atoms with E-state index in [4.69, 9.17) is 5.26 Å². The molecule has 1 aromatic heterocycles. The number of hydrogen-bond acceptors (Lipinski definition) is 2. The van der Waals surface area contributed by atoms with E-state index in [1.807, 2.05) is 6.07 Å². The van der Waals surface area contributed by atoms with Gasteiger partial charge in [0.2, 0.25) is 0 Å². The van der Waals surface area contributed by atoms with Crippen LogP contribution >= 0.6 is 0 Å². The van der Waals surface area contributed by atoms with E-state index in [1.165, 1.54) is 0 Å². The molecular formula is C6H3N2W+. The molecule has 0 saturated heterocycles. The molecule has 0 fully saturated rings. The first-order valence-corrected chi connectivity index (χ1v) is 2.15. The molecule has 0 radical (unpaired) electrons. The van der Waals surface area contributed by atoms with Gasteiger partial charge in [-0.25, -0.2) is 5.26 Å². The first kappa shape index (κ1) is 8.33. The molecule has 0 unspecified atom stereocenters. The molecule has 1 rings (SSSR count). The minimum Gasteiger partial charge on any atom is -0.394 e. The number of hydrogen-bond donors (Lipinski definition) is 0. The van der Waals surface area contributed by atoms with Gasteiger partial charge in [-0.15, -0.1) is 12.1 Å². The Morgan fingerprint density at radius 2 is 2.44 bits per heavy atom. The van der Waals surface area contributed by atoms with Crippen molar-refractivity contribution in [2.75, 3.05) is 0 Å². The van der Waals surface area contributed by atoms with Gasteiger partial charge in [0.15, 0.2) is 0 Å². The Morgan fingerprint density at radius 1 is 1.67 bits per heavy atom. The van der Waals surface area contributed by atoms with Gasteiger partial charge in [-0.2, -0.15) is 0 Å². The van der Waals surface area contributed by atoms with Crippen molar-refractivity contribution in [1.29, 1.82) is 5.26 Å². The second-order valence-corrected chi connectivity index (χ2v) is 1.29. The number of pyridine rings is 1. The summed E-state index contributed by atoms with van der Waals surface area (Å²) in [5.74, 6) is 0. The van der Waals surface area contributed by atoms with Crippen LogP contribution in [0.1, 0.15) is 5.56 Å². The van der Waals surface area contributed by atoms with E-state index in [1.54, 1.807) is 18.3 Å². The quantitative estimate of drug-likeness (QED) is 0.660. The van der Waals surface area contributed by atoms with Gasteiger partial charge in [-0.1, -0.05) is 18.0 Å². The fourth-order valence-corrected chi connectivity index (χ4v) is 0.385. The predicted octanol–water partition coefficient (Wildman–Crippen LogP) is 0.751. The fourth-order valence-electron chi connectivity index (χ4n) is 0.385. The Balaban J connectivity index is 0.000000640. The maximum atomic E-state index is 8.24. The molecule has 3 heteroatoms. The van der Waals surface area contributed by atoms with E-state index in [0.717, 1.165) is 0 Å². The van der Waals surface area contributed by atoms with E-state index in [2.05, 4.69) is 11.2 Å². The van der Waals surface area contributed by atoms with Crippen LogP contribution < -0.4 is 0 Å². The third kappa shape index (κ3) is 2.39. The summed E-state index contributed by atoms with van der Waals surface area (Å²) < 4.78 is 0. The minimum atomic E-state index is 0. The van der Waals surface area contributed by atoms with Crippen molar-refractivity contribution in [3.63, 3.8) is 0 Å². The van der Waals surface area contributed by atoms with Crippen molar-refractivity contribution in [3.8, 4) is 6.07 Å². The van der Waals surface area contributed by atoms with E-state index in [-0.39, 0.29) is 21.1 Å². The van der Waals surface area contributed by atoms with Crippen molar-refractivity contribution < 1.29 is 21.1 Å². The summed E-state index contributed by atoms with van der Waals surface area (Å²) in [4.78, 5) is 3.62. The van der Waals surface area contributed by atoms with Crippen LogP contribution in [0, 0.1) is 17.5 Å². The van der Waals surface area contributed by atoms with Crippen LogP contribution in [0.3, 0.4) is 0 Å². The first-order valence-electron chi connectivity index (χ1n) is 2.15. The molecule has 0 aromatic carbocycles. The van der Waals surface area contributed by atoms with Gasteiger partial charge in [0, 0.05) is 6.07 Å². The molecule has 0 spiro atoms. The van der Waals surface area contributed by atoms with Crippen LogP contribution in [-0.4, -0.2) is 4.98 Å². The van der Waals surface area contributed by atoms with Crippen LogP contribution in [0.5, 0.6) is 0 Å². The normalized spacial score (nSPS) is 7.00. The molecule has 0 saturated carbocycles. The van der Waals surface area contributed by atoms with Crippen molar-refractivity contribution in [2.24, 2.45) is 0 Å². The predicted molar refractivity (Wildman–Crippen MR) is 27.8 cm³/mol. The number of nitrogens with zero attached hydrogens (tertiary/aromatic N) is 2. The van der Waals surface area contributed by atoms with Crippen LogP contribution in [0.25, 0.3) is 0 Å². The Morgan fingerprint density at radius 3 is 2.78 bits per heavy atom. The van der Waals surface area contributed by atoms with Crippen molar-refractivity contribution in [2.45, 2.75) is 0 Å². The molecule has 9 heavy (non-hydrogen) atoms. The third-order valence-corrected chi connectivity index (χ3v) is 0.752. The van der Waals surface area contributed by atoms with E-state index in [9.17, 15) is 0 Å². The molecule has 42 valence electrons. The summed E-state index contributed by atoms with van der Waals surface area (Å²) in [6.45, 7) is 0. The van der Waals surface area contributed by atoms with Crippen LogP contribution in [0.4, 0.5) is 0 Å². The summed E-state index contributed by atoms with van der Waals surface area (Å²) >= 11 is 0. The summed E-state index contributed by atoms with van der Waals surface area (Å²) in [7, 11) is 0. The maximum absolute atomic E-state index is 8.24. The van der Waals surface area contributed by atoms with Crippen molar-refractivity contribution >= 4 is 0 Å². The topological polar surface area (TPSA) is 36.7 Å². The molecule has 2 nitrogen and oxygen atoms in total. The minimum absolute atomic E-state index is 0. The molecule has 0 amide bonds.